The van der Waals surface area contributed by atoms with Crippen molar-refractivity contribution in [2.45, 2.75) is 30.2 Å². The molecule has 1 fully saturated rings. The molecule has 0 saturated carbocycles. The molecular formula is C13H16O11. The summed E-state index contributed by atoms with van der Waals surface area (Å²) in [5.41, 5.74) is -1.84. The van der Waals surface area contributed by atoms with Gasteiger partial charge >= 0.3 is 5.97 Å². The van der Waals surface area contributed by atoms with Gasteiger partial charge in [-0.1, -0.05) is 0 Å². The van der Waals surface area contributed by atoms with Crippen LogP contribution in [0.3, 0.4) is 0 Å². The summed E-state index contributed by atoms with van der Waals surface area (Å²) in [6, 6.07) is 0.509. The van der Waals surface area contributed by atoms with Gasteiger partial charge in [0.25, 0.3) is 0 Å². The number of hydrogen-bond donors (Lipinski definition) is 9. The first kappa shape index (κ1) is 18.2. The van der Waals surface area contributed by atoms with Gasteiger partial charge < -0.3 is 50.7 Å². The van der Waals surface area contributed by atoms with Crippen LogP contribution in [-0.4, -0.2) is 83.0 Å². The van der Waals surface area contributed by atoms with Crippen molar-refractivity contribution in [2.24, 2.45) is 0 Å². The summed E-state index contributed by atoms with van der Waals surface area (Å²) in [6.45, 7) is -0.899. The summed E-state index contributed by atoms with van der Waals surface area (Å²) < 4.78 is 4.91. The summed E-state index contributed by atoms with van der Waals surface area (Å²) >= 11 is 0. The number of carboxylic acid groups (broad SMARTS) is 1. The van der Waals surface area contributed by atoms with Gasteiger partial charge in [0.15, 0.2) is 11.5 Å². The van der Waals surface area contributed by atoms with Crippen LogP contribution in [0.15, 0.2) is 6.07 Å². The highest BCUT2D eigenvalue weighted by atomic mass is 16.7. The number of aromatic hydroxyl groups is 3. The molecule has 1 aliphatic heterocycles. The number of phenols is 3. The second-order valence-electron chi connectivity index (χ2n) is 5.28. The molecule has 0 bridgehead atoms. The molecule has 0 radical (unpaired) electrons. The standard InChI is InChI=1S/C13H16O11/c14-2-5-8(17)10(19)11(20)13(23,24-5)4-1-3(12(21)22)6(15)9(18)7(4)16/h1,5,8,10-11,14-20,23H,2H2,(H,21,22)/t5-,8-,10+,11-,13?/m1/s1. The third-order valence-electron chi connectivity index (χ3n) is 3.83. The van der Waals surface area contributed by atoms with E-state index in [1.54, 1.807) is 0 Å². The lowest BCUT2D eigenvalue weighted by molar-refractivity contribution is -0.358. The number of phenolic OH excluding ortho intramolecular Hbond substituents is 2. The summed E-state index contributed by atoms with van der Waals surface area (Å²) in [6.07, 6.45) is -7.72. The Kier molecular flexibility index (Phi) is 4.59. The average molecular weight is 348 g/mol. The number of carboxylic acids is 1. The number of hydrogen-bond acceptors (Lipinski definition) is 10. The zero-order valence-corrected chi connectivity index (χ0v) is 11.9. The average Bonchev–Trinajstić information content (AvgIpc) is 2.54. The Labute approximate surface area is 133 Å². The highest BCUT2D eigenvalue weighted by Crippen LogP contribution is 2.47. The molecule has 5 atom stereocenters. The zero-order valence-electron chi connectivity index (χ0n) is 11.9. The molecule has 1 aromatic rings. The van der Waals surface area contributed by atoms with Gasteiger partial charge in [0.2, 0.25) is 11.5 Å². The second-order valence-corrected chi connectivity index (χ2v) is 5.28. The summed E-state index contributed by atoms with van der Waals surface area (Å²) in [5, 5.41) is 87.0. The first-order chi connectivity index (χ1) is 11.1. The van der Waals surface area contributed by atoms with E-state index in [1.165, 1.54) is 0 Å². The first-order valence-electron chi connectivity index (χ1n) is 6.63. The van der Waals surface area contributed by atoms with Gasteiger partial charge in [-0.05, 0) is 6.07 Å². The molecule has 1 heterocycles. The Morgan fingerprint density at radius 3 is 2.17 bits per heavy atom. The summed E-state index contributed by atoms with van der Waals surface area (Å²) in [4.78, 5) is 11.1. The Morgan fingerprint density at radius 1 is 1.08 bits per heavy atom. The number of benzene rings is 1. The van der Waals surface area contributed by atoms with Crippen molar-refractivity contribution in [1.29, 1.82) is 0 Å². The van der Waals surface area contributed by atoms with Crippen LogP contribution in [0.1, 0.15) is 15.9 Å². The van der Waals surface area contributed by atoms with Crippen LogP contribution in [-0.2, 0) is 10.5 Å². The molecule has 2 rings (SSSR count). The van der Waals surface area contributed by atoms with Crippen LogP contribution in [0.5, 0.6) is 17.2 Å². The number of carbonyl (C=O) groups is 1. The monoisotopic (exact) mass is 348 g/mol. The molecular weight excluding hydrogens is 332 g/mol. The molecule has 11 nitrogen and oxygen atoms in total. The van der Waals surface area contributed by atoms with Gasteiger partial charge in [0.05, 0.1) is 12.2 Å². The van der Waals surface area contributed by atoms with E-state index >= 15 is 0 Å². The molecule has 0 spiro atoms. The summed E-state index contributed by atoms with van der Waals surface area (Å²) in [7, 11) is 0. The lowest BCUT2D eigenvalue weighted by Crippen LogP contribution is -2.63. The third kappa shape index (κ3) is 2.53. The van der Waals surface area contributed by atoms with E-state index in [1.807, 2.05) is 0 Å². The van der Waals surface area contributed by atoms with Gasteiger partial charge in [-0.25, -0.2) is 4.79 Å². The Bertz CT molecular complexity index is 658. The van der Waals surface area contributed by atoms with Gasteiger partial charge in [-0.15, -0.1) is 0 Å². The molecule has 11 heteroatoms. The number of aromatic carboxylic acids is 1. The van der Waals surface area contributed by atoms with Gasteiger partial charge in [0, 0.05) is 0 Å². The van der Waals surface area contributed by atoms with Gasteiger partial charge in [0.1, 0.15) is 30.0 Å². The predicted octanol–water partition coefficient (Wildman–Crippen LogP) is -2.88. The summed E-state index contributed by atoms with van der Waals surface area (Å²) in [5.74, 6) is -8.46. The highest BCUT2D eigenvalue weighted by Gasteiger charge is 2.55. The molecule has 134 valence electrons. The number of aliphatic hydroxyl groups is 5. The van der Waals surface area contributed by atoms with Crippen LogP contribution in [0, 0.1) is 0 Å². The van der Waals surface area contributed by atoms with Crippen molar-refractivity contribution >= 4 is 5.97 Å². The minimum atomic E-state index is -2.99. The fraction of sp³-hybridized carbons (Fsp3) is 0.462. The SMILES string of the molecule is O=C(O)c1cc(C2(O)O[C@H](CO)[C@@H](O)[C@H](O)[C@H]2O)c(O)c(O)c1O. The molecule has 0 aromatic heterocycles. The van der Waals surface area contributed by atoms with Crippen molar-refractivity contribution in [2.75, 3.05) is 6.61 Å². The van der Waals surface area contributed by atoms with Crippen molar-refractivity contribution in [3.63, 3.8) is 0 Å². The van der Waals surface area contributed by atoms with E-state index in [0.717, 1.165) is 0 Å². The normalized spacial score (nSPS) is 33.4. The van der Waals surface area contributed by atoms with E-state index in [-0.39, 0.29) is 0 Å². The molecule has 0 aliphatic carbocycles. The fourth-order valence-electron chi connectivity index (χ4n) is 2.46. The van der Waals surface area contributed by atoms with E-state index < -0.39 is 71.2 Å². The van der Waals surface area contributed by atoms with E-state index in [4.69, 9.17) is 14.9 Å². The van der Waals surface area contributed by atoms with Gasteiger partial charge in [-0.2, -0.15) is 0 Å². The molecule has 1 saturated heterocycles. The van der Waals surface area contributed by atoms with Crippen molar-refractivity contribution in [3.8, 4) is 17.2 Å². The fourth-order valence-corrected chi connectivity index (χ4v) is 2.46. The molecule has 1 unspecified atom stereocenters. The topological polar surface area (TPSA) is 208 Å². The Morgan fingerprint density at radius 2 is 1.67 bits per heavy atom. The largest absolute Gasteiger partial charge is 0.504 e. The first-order valence-corrected chi connectivity index (χ1v) is 6.63. The quantitative estimate of drug-likeness (QED) is 0.253. The molecule has 9 N–H and O–H groups in total. The maximum Gasteiger partial charge on any atom is 0.339 e. The number of ether oxygens (including phenoxy) is 1. The van der Waals surface area contributed by atoms with Crippen LogP contribution in [0.2, 0.25) is 0 Å². The molecule has 0 amide bonds. The van der Waals surface area contributed by atoms with Crippen LogP contribution in [0.4, 0.5) is 0 Å². The smallest absolute Gasteiger partial charge is 0.339 e. The minimum Gasteiger partial charge on any atom is -0.504 e. The lowest BCUT2D eigenvalue weighted by atomic mass is 9.86. The van der Waals surface area contributed by atoms with Crippen LogP contribution in [0.25, 0.3) is 0 Å². The Hall–Kier alpha value is -2.15. The number of rotatable bonds is 3. The van der Waals surface area contributed by atoms with Crippen LogP contribution >= 0.6 is 0 Å². The lowest BCUT2D eigenvalue weighted by Gasteiger charge is -2.45. The zero-order chi connectivity index (χ0) is 18.4. The number of aliphatic hydroxyl groups excluding tert-OH is 4. The Balaban J connectivity index is 2.66. The predicted molar refractivity (Wildman–Crippen MR) is 72.3 cm³/mol. The highest BCUT2D eigenvalue weighted by molar-refractivity contribution is 5.93. The van der Waals surface area contributed by atoms with E-state index in [9.17, 15) is 40.5 Å². The molecule has 1 aliphatic rings. The minimum absolute atomic E-state index is 0.509. The molecule has 1 aromatic carbocycles. The second kappa shape index (κ2) is 6.05. The maximum atomic E-state index is 11.1. The van der Waals surface area contributed by atoms with Crippen LogP contribution < -0.4 is 0 Å². The maximum absolute atomic E-state index is 11.1. The molecule has 24 heavy (non-hydrogen) atoms. The van der Waals surface area contributed by atoms with Crippen molar-refractivity contribution in [1.82, 2.24) is 0 Å². The third-order valence-corrected chi connectivity index (χ3v) is 3.83. The van der Waals surface area contributed by atoms with Crippen molar-refractivity contribution in [3.05, 3.63) is 17.2 Å². The van der Waals surface area contributed by atoms with Crippen molar-refractivity contribution < 1.29 is 55.5 Å². The van der Waals surface area contributed by atoms with Gasteiger partial charge in [-0.3, -0.25) is 0 Å². The van der Waals surface area contributed by atoms with E-state index in [2.05, 4.69) is 0 Å². The van der Waals surface area contributed by atoms with E-state index in [0.29, 0.717) is 6.07 Å².